The van der Waals surface area contributed by atoms with Crippen LogP contribution in [-0.2, 0) is 0 Å². The van der Waals surface area contributed by atoms with Crippen molar-refractivity contribution in [3.05, 3.63) is 72.6 Å². The van der Waals surface area contributed by atoms with Crippen molar-refractivity contribution in [1.82, 2.24) is 9.97 Å². The number of rotatable bonds is 3. The summed E-state index contributed by atoms with van der Waals surface area (Å²) in [6.07, 6.45) is 12.7. The maximum Gasteiger partial charge on any atom is 0.161 e. The molecule has 4 rings (SSSR count). The van der Waals surface area contributed by atoms with Gasteiger partial charge in [-0.15, -0.1) is 0 Å². The van der Waals surface area contributed by atoms with Gasteiger partial charge in [-0.25, -0.2) is 9.97 Å². The van der Waals surface area contributed by atoms with Gasteiger partial charge in [-0.3, -0.25) is 0 Å². The van der Waals surface area contributed by atoms with Crippen molar-refractivity contribution in [3.63, 3.8) is 0 Å². The number of hydrogen-bond acceptors (Lipinski definition) is 4. The van der Waals surface area contributed by atoms with E-state index in [1.54, 1.807) is 0 Å². The molecule has 2 aromatic rings. The first kappa shape index (κ1) is 16.7. The molecule has 1 aromatic heterocycles. The molecule has 1 N–H and O–H groups in total. The fourth-order valence-electron chi connectivity index (χ4n) is 3.32. The molecule has 1 fully saturated rings. The van der Waals surface area contributed by atoms with Gasteiger partial charge in [0, 0.05) is 30.3 Å². The van der Waals surface area contributed by atoms with E-state index in [1.165, 1.54) is 0 Å². The number of aliphatic hydroxyl groups is 1. The Morgan fingerprint density at radius 1 is 1.00 bits per heavy atom. The number of nitrogens with zero attached hydrogens (tertiary/aromatic N) is 3. The molecule has 2 heterocycles. The van der Waals surface area contributed by atoms with Crippen molar-refractivity contribution in [2.75, 3.05) is 18.0 Å². The van der Waals surface area contributed by atoms with E-state index in [-0.39, 0.29) is 6.10 Å². The van der Waals surface area contributed by atoms with Crippen molar-refractivity contribution in [2.24, 2.45) is 0 Å². The lowest BCUT2D eigenvalue weighted by molar-refractivity contribution is 0.145. The summed E-state index contributed by atoms with van der Waals surface area (Å²) in [4.78, 5) is 12.0. The van der Waals surface area contributed by atoms with Crippen LogP contribution in [0, 0.1) is 0 Å². The molecule has 0 unspecified atom stereocenters. The minimum absolute atomic E-state index is 0.195. The summed E-state index contributed by atoms with van der Waals surface area (Å²) in [6, 6.07) is 12.3. The highest BCUT2D eigenvalue weighted by molar-refractivity contribution is 5.74. The second-order valence-corrected chi connectivity index (χ2v) is 6.70. The van der Waals surface area contributed by atoms with Crippen molar-refractivity contribution >= 4 is 11.4 Å². The topological polar surface area (TPSA) is 49.2 Å². The highest BCUT2D eigenvalue weighted by Crippen LogP contribution is 2.27. The maximum absolute atomic E-state index is 9.81. The van der Waals surface area contributed by atoms with Crippen LogP contribution < -0.4 is 4.90 Å². The lowest BCUT2D eigenvalue weighted by atomic mass is 10.1. The molecule has 4 nitrogen and oxygen atoms in total. The smallest absolute Gasteiger partial charge is 0.161 e. The van der Waals surface area contributed by atoms with Crippen LogP contribution in [0.5, 0.6) is 0 Å². The van der Waals surface area contributed by atoms with E-state index in [0.717, 1.165) is 60.8 Å². The van der Waals surface area contributed by atoms with Gasteiger partial charge >= 0.3 is 0 Å². The normalized spacial score (nSPS) is 17.9. The van der Waals surface area contributed by atoms with Crippen molar-refractivity contribution in [2.45, 2.75) is 25.4 Å². The Morgan fingerprint density at radius 3 is 2.62 bits per heavy atom. The van der Waals surface area contributed by atoms with E-state index in [0.29, 0.717) is 0 Å². The van der Waals surface area contributed by atoms with Gasteiger partial charge in [0.25, 0.3) is 0 Å². The number of benzene rings is 1. The third-order valence-electron chi connectivity index (χ3n) is 4.83. The van der Waals surface area contributed by atoms with Crippen molar-refractivity contribution in [1.29, 1.82) is 0 Å². The van der Waals surface area contributed by atoms with Crippen molar-refractivity contribution in [3.8, 4) is 11.3 Å². The summed E-state index contributed by atoms with van der Waals surface area (Å²) in [6.45, 7) is 1.64. The molecule has 1 saturated heterocycles. The van der Waals surface area contributed by atoms with Crippen LogP contribution in [0.3, 0.4) is 0 Å². The van der Waals surface area contributed by atoms with Gasteiger partial charge in [0.05, 0.1) is 11.8 Å². The summed E-state index contributed by atoms with van der Waals surface area (Å²) in [5.41, 5.74) is 3.07. The summed E-state index contributed by atoms with van der Waals surface area (Å²) in [5.74, 6) is 1.69. The SMILES string of the molecule is OC1CCN(c2cc(-c3ccccc3)nc(C3=CCC=CC=C3)n2)CC1. The number of aliphatic hydroxyl groups excluding tert-OH is 1. The standard InChI is InChI=1S/C22H23N3O/c26-19-12-14-25(15-13-19)21-16-20(17-8-6-3-7-9-17)23-22(24-21)18-10-4-1-2-5-11-18/h1-4,6-11,16,19,26H,5,12-15H2. The van der Waals surface area contributed by atoms with E-state index < -0.39 is 0 Å². The fraction of sp³-hybridized carbons (Fsp3) is 0.273. The molecule has 0 bridgehead atoms. The third kappa shape index (κ3) is 3.75. The molecule has 2 aliphatic rings. The number of aromatic nitrogens is 2. The first-order valence-electron chi connectivity index (χ1n) is 9.21. The molecule has 0 spiro atoms. The Morgan fingerprint density at radius 2 is 1.81 bits per heavy atom. The Labute approximate surface area is 154 Å². The number of allylic oxidation sites excluding steroid dienone is 6. The Bertz CT molecular complexity index is 847. The van der Waals surface area contributed by atoms with Crippen LogP contribution in [0.15, 0.2) is 66.8 Å². The largest absolute Gasteiger partial charge is 0.393 e. The minimum Gasteiger partial charge on any atom is -0.393 e. The minimum atomic E-state index is -0.195. The van der Waals surface area contributed by atoms with Crippen LogP contribution in [-0.4, -0.2) is 34.3 Å². The molecule has 0 atom stereocenters. The van der Waals surface area contributed by atoms with Gasteiger partial charge in [0.15, 0.2) is 5.82 Å². The van der Waals surface area contributed by atoms with E-state index in [2.05, 4.69) is 47.4 Å². The lowest BCUT2D eigenvalue weighted by Crippen LogP contribution is -2.36. The first-order chi connectivity index (χ1) is 12.8. The van der Waals surface area contributed by atoms with E-state index in [9.17, 15) is 5.11 Å². The second kappa shape index (κ2) is 7.67. The lowest BCUT2D eigenvalue weighted by Gasteiger charge is -2.31. The van der Waals surface area contributed by atoms with Crippen LogP contribution in [0.25, 0.3) is 16.8 Å². The number of anilines is 1. The zero-order valence-corrected chi connectivity index (χ0v) is 14.8. The summed E-state index contributed by atoms with van der Waals surface area (Å²) >= 11 is 0. The van der Waals surface area contributed by atoms with Gasteiger partial charge in [0.1, 0.15) is 5.82 Å². The average molecular weight is 345 g/mol. The molecular formula is C22H23N3O. The van der Waals surface area contributed by atoms with Gasteiger partial charge in [-0.2, -0.15) is 0 Å². The fourth-order valence-corrected chi connectivity index (χ4v) is 3.32. The predicted octanol–water partition coefficient (Wildman–Crippen LogP) is 4.00. The van der Waals surface area contributed by atoms with Gasteiger partial charge in [0.2, 0.25) is 0 Å². The van der Waals surface area contributed by atoms with Crippen LogP contribution >= 0.6 is 0 Å². The molecule has 26 heavy (non-hydrogen) atoms. The van der Waals surface area contributed by atoms with Gasteiger partial charge in [-0.05, 0) is 19.3 Å². The van der Waals surface area contributed by atoms with Gasteiger partial charge in [-0.1, -0.05) is 60.7 Å². The Hall–Kier alpha value is -2.72. The average Bonchev–Trinajstić information content (AvgIpc) is 2.98. The van der Waals surface area contributed by atoms with Gasteiger partial charge < -0.3 is 10.0 Å². The molecule has 1 aromatic carbocycles. The molecule has 0 saturated carbocycles. The van der Waals surface area contributed by atoms with Crippen molar-refractivity contribution < 1.29 is 5.11 Å². The van der Waals surface area contributed by atoms with Crippen LogP contribution in [0.1, 0.15) is 25.1 Å². The first-order valence-corrected chi connectivity index (χ1v) is 9.21. The molecule has 4 heteroatoms. The number of hydrogen-bond donors (Lipinski definition) is 1. The predicted molar refractivity (Wildman–Crippen MR) is 106 cm³/mol. The molecule has 0 radical (unpaired) electrons. The van der Waals surface area contributed by atoms with E-state index in [4.69, 9.17) is 9.97 Å². The van der Waals surface area contributed by atoms with E-state index >= 15 is 0 Å². The number of piperidine rings is 1. The maximum atomic E-state index is 9.81. The Kier molecular flexibility index (Phi) is 4.93. The third-order valence-corrected chi connectivity index (χ3v) is 4.83. The Balaban J connectivity index is 1.76. The quantitative estimate of drug-likeness (QED) is 0.913. The zero-order chi connectivity index (χ0) is 17.8. The molecule has 132 valence electrons. The summed E-state index contributed by atoms with van der Waals surface area (Å²) in [5, 5.41) is 9.81. The zero-order valence-electron chi connectivity index (χ0n) is 14.8. The van der Waals surface area contributed by atoms with Crippen LogP contribution in [0.4, 0.5) is 5.82 Å². The monoisotopic (exact) mass is 345 g/mol. The summed E-state index contributed by atoms with van der Waals surface area (Å²) < 4.78 is 0. The molecular weight excluding hydrogens is 322 g/mol. The molecule has 1 aliphatic carbocycles. The highest BCUT2D eigenvalue weighted by atomic mass is 16.3. The highest BCUT2D eigenvalue weighted by Gasteiger charge is 2.20. The summed E-state index contributed by atoms with van der Waals surface area (Å²) in [7, 11) is 0. The van der Waals surface area contributed by atoms with E-state index in [1.807, 2.05) is 24.3 Å². The molecule has 0 amide bonds. The van der Waals surface area contributed by atoms with Crippen LogP contribution in [0.2, 0.25) is 0 Å². The second-order valence-electron chi connectivity index (χ2n) is 6.70. The molecule has 1 aliphatic heterocycles.